The highest BCUT2D eigenvalue weighted by Crippen LogP contribution is 2.36. The lowest BCUT2D eigenvalue weighted by atomic mass is 9.88. The molecule has 9 heteroatoms. The molecule has 2 fully saturated rings. The molecule has 3 amide bonds. The Kier molecular flexibility index (Phi) is 5.16. The molecule has 1 aliphatic heterocycles. The first-order valence-electron chi connectivity index (χ1n) is 13.0. The molecule has 2 aliphatic rings. The van der Waals surface area contributed by atoms with Crippen LogP contribution < -0.4 is 15.4 Å². The van der Waals surface area contributed by atoms with Gasteiger partial charge >= 0.3 is 6.03 Å². The summed E-state index contributed by atoms with van der Waals surface area (Å²) in [6.45, 7) is 0.980. The normalized spacial score (nSPS) is 19.0. The summed E-state index contributed by atoms with van der Waals surface area (Å²) < 4.78 is 8.90. The van der Waals surface area contributed by atoms with Crippen LogP contribution in [0.25, 0.3) is 32.8 Å². The molecule has 0 spiro atoms. The van der Waals surface area contributed by atoms with Gasteiger partial charge in [-0.05, 0) is 65.8 Å². The van der Waals surface area contributed by atoms with Crippen LogP contribution in [0.4, 0.5) is 4.79 Å². The van der Waals surface area contributed by atoms with Gasteiger partial charge in [-0.3, -0.25) is 14.8 Å². The molecule has 0 unspecified atom stereocenters. The number of nitrogens with one attached hydrogen (secondary N) is 2. The number of nitrogens with zero attached hydrogens (tertiary/aromatic N) is 3. The van der Waals surface area contributed by atoms with E-state index in [9.17, 15) is 14.7 Å². The monoisotopic (exact) mass is 521 g/mol. The Hall–Kier alpha value is -4.79. The van der Waals surface area contributed by atoms with E-state index in [0.29, 0.717) is 16.7 Å². The second-order valence-corrected chi connectivity index (χ2v) is 10.5. The van der Waals surface area contributed by atoms with E-state index in [1.165, 1.54) is 12.8 Å². The Morgan fingerprint density at radius 3 is 2.51 bits per heavy atom. The Morgan fingerprint density at radius 1 is 1.00 bits per heavy atom. The van der Waals surface area contributed by atoms with E-state index in [1.807, 2.05) is 47.1 Å². The molecule has 9 nitrogen and oxygen atoms in total. The van der Waals surface area contributed by atoms with Crippen LogP contribution in [0.15, 0.2) is 73.1 Å². The summed E-state index contributed by atoms with van der Waals surface area (Å²) in [5, 5.41) is 23.3. The first-order chi connectivity index (χ1) is 18.9. The SMILES string of the molecule is COc1ccc2cn(C[C@@]3(c4ccc(-c5ccc6nn(CC7CC7)cc6c5)cc4)NC(=O)NC3=O)c(O)c2c1. The van der Waals surface area contributed by atoms with Crippen LogP contribution in [0.5, 0.6) is 11.6 Å². The number of carbonyl (C=O) groups is 2. The molecular weight excluding hydrogens is 494 g/mol. The summed E-state index contributed by atoms with van der Waals surface area (Å²) >= 11 is 0. The third kappa shape index (κ3) is 3.98. The molecule has 1 saturated heterocycles. The maximum Gasteiger partial charge on any atom is 0.322 e. The number of hydrogen-bond donors (Lipinski definition) is 3. The molecule has 5 aromatic rings. The minimum absolute atomic E-state index is 0.00983. The molecule has 3 heterocycles. The highest BCUT2D eigenvalue weighted by Gasteiger charge is 2.48. The van der Waals surface area contributed by atoms with Crippen LogP contribution in [-0.2, 0) is 23.4 Å². The molecule has 196 valence electrons. The van der Waals surface area contributed by atoms with Crippen molar-refractivity contribution in [2.24, 2.45) is 5.92 Å². The zero-order chi connectivity index (χ0) is 26.7. The third-order valence-corrected chi connectivity index (χ3v) is 7.82. The predicted molar refractivity (Wildman–Crippen MR) is 146 cm³/mol. The number of ether oxygens (including phenoxy) is 1. The zero-order valence-corrected chi connectivity index (χ0v) is 21.3. The van der Waals surface area contributed by atoms with E-state index in [1.54, 1.807) is 30.0 Å². The second-order valence-electron chi connectivity index (χ2n) is 10.5. The fourth-order valence-electron chi connectivity index (χ4n) is 5.49. The summed E-state index contributed by atoms with van der Waals surface area (Å²) in [6.07, 6.45) is 6.42. The molecule has 39 heavy (non-hydrogen) atoms. The molecule has 0 radical (unpaired) electrons. The van der Waals surface area contributed by atoms with Gasteiger partial charge in [0.1, 0.15) is 5.75 Å². The third-order valence-electron chi connectivity index (χ3n) is 7.82. The van der Waals surface area contributed by atoms with Crippen molar-refractivity contribution in [3.8, 4) is 22.8 Å². The van der Waals surface area contributed by atoms with Crippen LogP contribution in [-0.4, -0.2) is 38.5 Å². The zero-order valence-electron chi connectivity index (χ0n) is 21.3. The van der Waals surface area contributed by atoms with E-state index in [2.05, 4.69) is 22.9 Å². The number of imide groups is 1. The number of rotatable bonds is 7. The van der Waals surface area contributed by atoms with Gasteiger partial charge in [-0.2, -0.15) is 5.10 Å². The molecule has 3 aromatic carbocycles. The van der Waals surface area contributed by atoms with Gasteiger partial charge in [0.15, 0.2) is 11.4 Å². The van der Waals surface area contributed by atoms with Gasteiger partial charge in [0.25, 0.3) is 5.91 Å². The van der Waals surface area contributed by atoms with Gasteiger partial charge in [-0.1, -0.05) is 30.3 Å². The molecule has 0 bridgehead atoms. The number of amides is 3. The highest BCUT2D eigenvalue weighted by molar-refractivity contribution is 6.07. The van der Waals surface area contributed by atoms with Crippen LogP contribution in [0.3, 0.4) is 0 Å². The maximum absolute atomic E-state index is 13.2. The predicted octanol–water partition coefficient (Wildman–Crippen LogP) is 4.52. The Balaban J connectivity index is 1.22. The number of urea groups is 1. The minimum Gasteiger partial charge on any atom is -0.497 e. The van der Waals surface area contributed by atoms with Crippen LogP contribution in [0, 0.1) is 5.92 Å². The summed E-state index contributed by atoms with van der Waals surface area (Å²) in [7, 11) is 1.56. The Labute approximate surface area is 224 Å². The van der Waals surface area contributed by atoms with Crippen molar-refractivity contribution in [2.75, 3.05) is 7.11 Å². The molecular formula is C30H27N5O4. The van der Waals surface area contributed by atoms with E-state index in [-0.39, 0.29) is 12.4 Å². The number of hydrogen-bond acceptors (Lipinski definition) is 5. The number of aromatic nitrogens is 3. The van der Waals surface area contributed by atoms with Gasteiger partial charge in [0.05, 0.1) is 19.2 Å². The van der Waals surface area contributed by atoms with Gasteiger partial charge < -0.3 is 19.7 Å². The lowest BCUT2D eigenvalue weighted by Crippen LogP contribution is -2.47. The Bertz CT molecular complexity index is 1770. The first-order valence-corrected chi connectivity index (χ1v) is 13.0. The summed E-state index contributed by atoms with van der Waals surface area (Å²) in [5.41, 5.74) is 2.22. The van der Waals surface area contributed by atoms with Gasteiger partial charge in [0, 0.05) is 35.1 Å². The van der Waals surface area contributed by atoms with Crippen LogP contribution in [0.2, 0.25) is 0 Å². The minimum atomic E-state index is -1.39. The number of aromatic hydroxyl groups is 1. The number of carbonyl (C=O) groups excluding carboxylic acids is 2. The first kappa shape index (κ1) is 23.3. The van der Waals surface area contributed by atoms with Crippen molar-refractivity contribution in [1.29, 1.82) is 0 Å². The maximum atomic E-state index is 13.2. The second kappa shape index (κ2) is 8.62. The number of methoxy groups -OCH3 is 1. The van der Waals surface area contributed by atoms with Crippen LogP contribution >= 0.6 is 0 Å². The number of benzene rings is 3. The molecule has 1 atom stereocenters. The molecule has 7 rings (SSSR count). The van der Waals surface area contributed by atoms with Gasteiger partial charge in [-0.15, -0.1) is 0 Å². The van der Waals surface area contributed by atoms with Crippen molar-refractivity contribution >= 4 is 33.6 Å². The summed E-state index contributed by atoms with van der Waals surface area (Å²) in [4.78, 5) is 25.5. The molecule has 2 aromatic heterocycles. The largest absolute Gasteiger partial charge is 0.497 e. The van der Waals surface area contributed by atoms with E-state index in [4.69, 9.17) is 9.84 Å². The number of fused-ring (bicyclic) bond motifs is 2. The molecule has 1 aliphatic carbocycles. The van der Waals surface area contributed by atoms with Crippen LogP contribution in [0.1, 0.15) is 18.4 Å². The quantitative estimate of drug-likeness (QED) is 0.273. The lowest BCUT2D eigenvalue weighted by molar-refractivity contribution is -0.124. The average Bonchev–Trinajstić information content (AvgIpc) is 3.48. The molecule has 1 saturated carbocycles. The topological polar surface area (TPSA) is 110 Å². The average molecular weight is 522 g/mol. The fraction of sp³-hybridized carbons (Fsp3) is 0.233. The lowest BCUT2D eigenvalue weighted by Gasteiger charge is -2.27. The van der Waals surface area contributed by atoms with Gasteiger partial charge in [0.2, 0.25) is 0 Å². The van der Waals surface area contributed by atoms with Crippen molar-refractivity contribution in [3.63, 3.8) is 0 Å². The molecule has 3 N–H and O–H groups in total. The van der Waals surface area contributed by atoms with Gasteiger partial charge in [-0.25, -0.2) is 4.79 Å². The van der Waals surface area contributed by atoms with Crippen molar-refractivity contribution in [2.45, 2.75) is 31.5 Å². The van der Waals surface area contributed by atoms with E-state index in [0.717, 1.165) is 39.9 Å². The fourth-order valence-corrected chi connectivity index (χ4v) is 5.49. The van der Waals surface area contributed by atoms with E-state index >= 15 is 0 Å². The van der Waals surface area contributed by atoms with E-state index < -0.39 is 17.5 Å². The highest BCUT2D eigenvalue weighted by atomic mass is 16.5. The Morgan fingerprint density at radius 2 is 1.79 bits per heavy atom. The standard InChI is InChI=1S/C30H27N5O4/c1-39-24-10-6-21-15-34(27(36)25(21)13-24)17-30(28(37)31-29(38)32-30)23-8-4-19(5-9-23)20-7-11-26-22(12-20)16-35(33-26)14-18-2-3-18/h4-13,15-16,18,36H,2-3,14,17H2,1H3,(H2,31,32,37,38)/t30-/m0/s1. The van der Waals surface area contributed by atoms with Crippen molar-refractivity contribution in [1.82, 2.24) is 25.0 Å². The summed E-state index contributed by atoms with van der Waals surface area (Å²) in [6, 6.07) is 18.6. The van der Waals surface area contributed by atoms with Crippen molar-refractivity contribution < 1.29 is 19.4 Å². The van der Waals surface area contributed by atoms with Crippen molar-refractivity contribution in [3.05, 3.63) is 78.6 Å². The smallest absolute Gasteiger partial charge is 0.322 e. The summed E-state index contributed by atoms with van der Waals surface area (Å²) in [5.74, 6) is 0.881.